The molecule has 152 valence electrons. The van der Waals surface area contributed by atoms with Gasteiger partial charge < -0.3 is 10.2 Å². The lowest BCUT2D eigenvalue weighted by atomic mass is 9.96. The molecular weight excluding hydrogens is 397 g/mol. The Balaban J connectivity index is 1.67. The number of fused-ring (bicyclic) bond motifs is 1. The van der Waals surface area contributed by atoms with Crippen molar-refractivity contribution in [1.29, 1.82) is 0 Å². The van der Waals surface area contributed by atoms with Gasteiger partial charge in [-0.1, -0.05) is 18.2 Å². The van der Waals surface area contributed by atoms with Gasteiger partial charge in [0, 0.05) is 24.6 Å². The van der Waals surface area contributed by atoms with Gasteiger partial charge in [-0.15, -0.1) is 0 Å². The van der Waals surface area contributed by atoms with Crippen LogP contribution in [0.25, 0.3) is 0 Å². The van der Waals surface area contributed by atoms with Crippen molar-refractivity contribution in [3.05, 3.63) is 83.4 Å². The zero-order chi connectivity index (χ0) is 21.3. The number of carbonyl (C=O) groups is 2. The number of alkyl halides is 3. The van der Waals surface area contributed by atoms with Crippen molar-refractivity contribution in [2.75, 3.05) is 16.8 Å². The summed E-state index contributed by atoms with van der Waals surface area (Å²) in [5.74, 6) is -1.02. The van der Waals surface area contributed by atoms with Crippen molar-refractivity contribution in [3.8, 4) is 0 Å². The fourth-order valence-corrected chi connectivity index (χ4v) is 3.33. The molecule has 1 N–H and O–H groups in total. The predicted molar refractivity (Wildman–Crippen MR) is 103 cm³/mol. The molecule has 0 aliphatic carbocycles. The number of carbonyl (C=O) groups excluding carboxylic acids is 2. The monoisotopic (exact) mass is 412 g/mol. The zero-order valence-electron chi connectivity index (χ0n) is 15.5. The summed E-state index contributed by atoms with van der Waals surface area (Å²) < 4.78 is 39.2. The number of halogens is 3. The second-order valence-electron chi connectivity index (χ2n) is 6.64. The van der Waals surface area contributed by atoms with Crippen molar-refractivity contribution < 1.29 is 22.8 Å². The molecule has 0 spiro atoms. The van der Waals surface area contributed by atoms with Crippen LogP contribution in [0, 0.1) is 0 Å². The average Bonchev–Trinajstić information content (AvgIpc) is 2.74. The quantitative estimate of drug-likeness (QED) is 0.707. The van der Waals surface area contributed by atoms with Crippen LogP contribution in [0.2, 0.25) is 0 Å². The Bertz CT molecular complexity index is 1120. The minimum Gasteiger partial charge on any atom is -0.320 e. The smallest absolute Gasteiger partial charge is 0.320 e. The number of aromatic nitrogens is 2. The maximum absolute atomic E-state index is 13.2. The number of benzene rings is 2. The van der Waals surface area contributed by atoms with Crippen molar-refractivity contribution in [3.63, 3.8) is 0 Å². The van der Waals surface area contributed by atoms with Crippen molar-refractivity contribution in [2.24, 2.45) is 0 Å². The van der Waals surface area contributed by atoms with E-state index in [9.17, 15) is 22.8 Å². The van der Waals surface area contributed by atoms with Crippen LogP contribution < -0.4 is 10.2 Å². The third-order valence-electron chi connectivity index (χ3n) is 4.74. The van der Waals surface area contributed by atoms with Crippen LogP contribution in [-0.4, -0.2) is 28.3 Å². The van der Waals surface area contributed by atoms with E-state index < -0.39 is 23.6 Å². The molecule has 1 aliphatic rings. The van der Waals surface area contributed by atoms with E-state index in [4.69, 9.17) is 0 Å². The fraction of sp³-hybridized carbons (Fsp3) is 0.143. The van der Waals surface area contributed by atoms with Gasteiger partial charge in [0.25, 0.3) is 11.8 Å². The Labute approximate surface area is 169 Å². The maximum Gasteiger partial charge on any atom is 0.416 e. The molecule has 0 atom stereocenters. The number of hydrogen-bond acceptors (Lipinski definition) is 4. The molecule has 0 saturated carbocycles. The molecule has 6 nitrogen and oxygen atoms in total. The molecule has 0 unspecified atom stereocenters. The minimum absolute atomic E-state index is 0.0769. The molecule has 2 aromatic carbocycles. The Morgan fingerprint density at radius 3 is 2.63 bits per heavy atom. The van der Waals surface area contributed by atoms with E-state index >= 15 is 0 Å². The highest BCUT2D eigenvalue weighted by Crippen LogP contribution is 2.34. The van der Waals surface area contributed by atoms with Gasteiger partial charge in [0.1, 0.15) is 5.69 Å². The van der Waals surface area contributed by atoms with Gasteiger partial charge in [0.15, 0.2) is 0 Å². The van der Waals surface area contributed by atoms with Gasteiger partial charge in [0.05, 0.1) is 23.0 Å². The van der Waals surface area contributed by atoms with Gasteiger partial charge >= 0.3 is 6.18 Å². The summed E-state index contributed by atoms with van der Waals surface area (Å²) in [6.45, 7) is 0.231. The molecule has 3 aromatic rings. The van der Waals surface area contributed by atoms with Crippen molar-refractivity contribution in [2.45, 2.75) is 12.6 Å². The van der Waals surface area contributed by atoms with Crippen molar-refractivity contribution >= 4 is 23.2 Å². The third kappa shape index (κ3) is 3.73. The standard InChI is InChI=1S/C21H15F3N4O2/c22-21(23,24)14-4-2-5-15(11-14)28-10-7-13-3-1-6-16(18(13)20(28)30)27-19(29)17-12-25-8-9-26-17/h1-6,8-9,11-12H,7,10H2,(H,27,29). The van der Waals surface area contributed by atoms with E-state index in [0.717, 1.165) is 12.1 Å². The summed E-state index contributed by atoms with van der Waals surface area (Å²) in [7, 11) is 0. The molecule has 0 radical (unpaired) electrons. The van der Waals surface area contributed by atoms with Crippen LogP contribution in [0.3, 0.4) is 0 Å². The predicted octanol–water partition coefficient (Wildman–Crippen LogP) is 3.95. The Morgan fingerprint density at radius 1 is 1.10 bits per heavy atom. The first kappa shape index (κ1) is 19.6. The summed E-state index contributed by atoms with van der Waals surface area (Å²) >= 11 is 0. The number of rotatable bonds is 3. The number of nitrogens with zero attached hydrogens (tertiary/aromatic N) is 3. The lowest BCUT2D eigenvalue weighted by molar-refractivity contribution is -0.137. The zero-order valence-corrected chi connectivity index (χ0v) is 15.5. The van der Waals surface area contributed by atoms with E-state index in [1.54, 1.807) is 18.2 Å². The Morgan fingerprint density at radius 2 is 1.90 bits per heavy atom. The summed E-state index contributed by atoms with van der Waals surface area (Å²) in [6.07, 6.45) is 0.0176. The van der Waals surface area contributed by atoms with Gasteiger partial charge in [0.2, 0.25) is 0 Å². The van der Waals surface area contributed by atoms with E-state index in [-0.39, 0.29) is 29.2 Å². The molecule has 0 fully saturated rings. The Kier molecular flexibility index (Phi) is 4.94. The van der Waals surface area contributed by atoms with Crippen molar-refractivity contribution in [1.82, 2.24) is 9.97 Å². The SMILES string of the molecule is O=C(Nc1cccc2c1C(=O)N(c1cccc(C(F)(F)F)c1)CC2)c1cnccn1. The highest BCUT2D eigenvalue weighted by molar-refractivity contribution is 6.14. The number of amides is 2. The first-order valence-corrected chi connectivity index (χ1v) is 9.03. The second kappa shape index (κ2) is 7.58. The second-order valence-corrected chi connectivity index (χ2v) is 6.64. The number of anilines is 2. The highest BCUT2D eigenvalue weighted by atomic mass is 19.4. The van der Waals surface area contributed by atoms with E-state index in [0.29, 0.717) is 12.0 Å². The Hall–Kier alpha value is -3.75. The molecular formula is C21H15F3N4O2. The first-order chi connectivity index (χ1) is 14.3. The molecule has 2 heterocycles. The van der Waals surface area contributed by atoms with Gasteiger partial charge in [-0.25, -0.2) is 4.98 Å². The van der Waals surface area contributed by atoms with E-state index in [1.165, 1.54) is 35.6 Å². The third-order valence-corrected chi connectivity index (χ3v) is 4.74. The van der Waals surface area contributed by atoms with E-state index in [1.807, 2.05) is 0 Å². The summed E-state index contributed by atoms with van der Waals surface area (Å²) in [5.41, 5.74) is 0.620. The van der Waals surface area contributed by atoms with Crippen LogP contribution in [0.5, 0.6) is 0 Å². The molecule has 2 amide bonds. The highest BCUT2D eigenvalue weighted by Gasteiger charge is 2.33. The van der Waals surface area contributed by atoms with E-state index in [2.05, 4.69) is 15.3 Å². The van der Waals surface area contributed by atoms with Crippen LogP contribution in [0.1, 0.15) is 32.0 Å². The topological polar surface area (TPSA) is 75.2 Å². The van der Waals surface area contributed by atoms with Gasteiger partial charge in [-0.05, 0) is 36.2 Å². The normalized spacial score (nSPS) is 13.7. The molecule has 4 rings (SSSR count). The lowest BCUT2D eigenvalue weighted by Gasteiger charge is -2.30. The number of hydrogen-bond donors (Lipinski definition) is 1. The number of nitrogens with one attached hydrogen (secondary N) is 1. The molecule has 1 aliphatic heterocycles. The van der Waals surface area contributed by atoms with Gasteiger partial charge in [-0.2, -0.15) is 13.2 Å². The molecule has 0 bridgehead atoms. The average molecular weight is 412 g/mol. The molecule has 9 heteroatoms. The molecule has 30 heavy (non-hydrogen) atoms. The van der Waals surface area contributed by atoms with Crippen LogP contribution in [0.4, 0.5) is 24.5 Å². The summed E-state index contributed by atoms with van der Waals surface area (Å²) in [5, 5.41) is 2.66. The lowest BCUT2D eigenvalue weighted by Crippen LogP contribution is -2.38. The van der Waals surface area contributed by atoms with Crippen LogP contribution in [-0.2, 0) is 12.6 Å². The first-order valence-electron chi connectivity index (χ1n) is 9.03. The molecule has 1 aromatic heterocycles. The fourth-order valence-electron chi connectivity index (χ4n) is 3.33. The molecule has 0 saturated heterocycles. The van der Waals surface area contributed by atoms with Gasteiger partial charge in [-0.3, -0.25) is 14.6 Å². The minimum atomic E-state index is -4.51. The van der Waals surface area contributed by atoms with Crippen LogP contribution in [0.15, 0.2) is 61.1 Å². The summed E-state index contributed by atoms with van der Waals surface area (Å²) in [6, 6.07) is 9.66. The van der Waals surface area contributed by atoms with Crippen LogP contribution >= 0.6 is 0 Å². The largest absolute Gasteiger partial charge is 0.416 e. The summed E-state index contributed by atoms with van der Waals surface area (Å²) in [4.78, 5) is 34.7. The maximum atomic E-state index is 13.2.